The van der Waals surface area contributed by atoms with E-state index in [4.69, 9.17) is 17.3 Å². The maximum absolute atomic E-state index is 13.0. The minimum Gasteiger partial charge on any atom is -0.320 e. The van der Waals surface area contributed by atoms with Gasteiger partial charge >= 0.3 is 0 Å². The van der Waals surface area contributed by atoms with Crippen LogP contribution in [0.5, 0.6) is 0 Å². The second-order valence-corrected chi connectivity index (χ2v) is 7.38. The lowest BCUT2D eigenvalue weighted by atomic mass is 10.1. The fourth-order valence-corrected chi connectivity index (χ4v) is 4.00. The molecule has 1 unspecified atom stereocenters. The van der Waals surface area contributed by atoms with Gasteiger partial charge in [-0.2, -0.15) is 0 Å². The number of thiophene rings is 1. The number of benzene rings is 1. The van der Waals surface area contributed by atoms with Crippen molar-refractivity contribution < 1.29 is 4.39 Å². The second-order valence-electron chi connectivity index (χ2n) is 3.41. The second kappa shape index (κ2) is 5.52. The molecule has 0 amide bonds. The summed E-state index contributed by atoms with van der Waals surface area (Å²) in [5.41, 5.74) is 7.05. The van der Waals surface area contributed by atoms with Crippen LogP contribution in [0.3, 0.4) is 0 Å². The lowest BCUT2D eigenvalue weighted by Crippen LogP contribution is -2.11. The van der Waals surface area contributed by atoms with Gasteiger partial charge in [0, 0.05) is 8.45 Å². The van der Waals surface area contributed by atoms with Gasteiger partial charge in [-0.1, -0.05) is 17.7 Å². The predicted molar refractivity (Wildman–Crippen MR) is 82.2 cm³/mol. The van der Waals surface area contributed by atoms with E-state index < -0.39 is 0 Å². The van der Waals surface area contributed by atoms with E-state index in [0.717, 1.165) is 17.8 Å². The topological polar surface area (TPSA) is 26.0 Å². The summed E-state index contributed by atoms with van der Waals surface area (Å²) in [6.45, 7) is 0. The summed E-state index contributed by atoms with van der Waals surface area (Å²) in [5.74, 6) is -0.254. The molecular formula is C11H7BrClFINS. The van der Waals surface area contributed by atoms with Crippen molar-refractivity contribution in [2.45, 2.75) is 6.04 Å². The average molecular weight is 447 g/mol. The Morgan fingerprint density at radius 3 is 2.65 bits per heavy atom. The molecule has 1 nitrogen and oxygen atoms in total. The van der Waals surface area contributed by atoms with Crippen LogP contribution in [-0.2, 0) is 0 Å². The van der Waals surface area contributed by atoms with E-state index in [2.05, 4.69) is 38.5 Å². The van der Waals surface area contributed by atoms with E-state index >= 15 is 0 Å². The molecule has 1 aromatic heterocycles. The first-order valence-electron chi connectivity index (χ1n) is 4.64. The van der Waals surface area contributed by atoms with Crippen molar-refractivity contribution >= 4 is 61.5 Å². The Balaban J connectivity index is 2.39. The quantitative estimate of drug-likeness (QED) is 0.649. The Morgan fingerprint density at radius 2 is 2.12 bits per heavy atom. The van der Waals surface area contributed by atoms with Crippen molar-refractivity contribution in [1.82, 2.24) is 0 Å². The molecule has 0 bridgehead atoms. The normalized spacial score (nSPS) is 12.8. The molecule has 6 heteroatoms. The Morgan fingerprint density at radius 1 is 1.41 bits per heavy atom. The molecule has 0 aliphatic carbocycles. The lowest BCUT2D eigenvalue weighted by molar-refractivity contribution is 0.625. The Hall–Kier alpha value is 0.310. The van der Waals surface area contributed by atoms with Crippen LogP contribution >= 0.6 is 61.5 Å². The van der Waals surface area contributed by atoms with Gasteiger partial charge in [-0.3, -0.25) is 0 Å². The first-order chi connectivity index (χ1) is 7.99. The predicted octanol–water partition coefficient (Wildman–Crippen LogP) is 4.96. The molecule has 0 saturated carbocycles. The van der Waals surface area contributed by atoms with Gasteiger partial charge in [-0.05, 0) is 62.3 Å². The van der Waals surface area contributed by atoms with Crippen molar-refractivity contribution in [3.63, 3.8) is 0 Å². The molecular weight excluding hydrogens is 439 g/mol. The van der Waals surface area contributed by atoms with Gasteiger partial charge in [0.25, 0.3) is 0 Å². The highest BCUT2D eigenvalue weighted by Gasteiger charge is 2.16. The van der Waals surface area contributed by atoms with Crippen LogP contribution in [0.4, 0.5) is 4.39 Å². The third-order valence-electron chi connectivity index (χ3n) is 2.27. The van der Waals surface area contributed by atoms with Crippen LogP contribution < -0.4 is 5.73 Å². The molecule has 1 aromatic carbocycles. The number of hydrogen-bond acceptors (Lipinski definition) is 2. The number of nitrogens with two attached hydrogens (primary N) is 1. The average Bonchev–Trinajstić information content (AvgIpc) is 2.58. The molecule has 0 aliphatic rings. The molecule has 1 heterocycles. The van der Waals surface area contributed by atoms with Gasteiger partial charge in [0.15, 0.2) is 0 Å². The Labute approximate surface area is 129 Å². The van der Waals surface area contributed by atoms with Gasteiger partial charge in [0.05, 0.1) is 14.9 Å². The first kappa shape index (κ1) is 13.7. The maximum atomic E-state index is 13.0. The third-order valence-corrected chi connectivity index (χ3v) is 5.76. The fourth-order valence-electron chi connectivity index (χ4n) is 1.42. The van der Waals surface area contributed by atoms with Crippen LogP contribution in [0, 0.1) is 9.39 Å². The third kappa shape index (κ3) is 3.01. The van der Waals surface area contributed by atoms with E-state index in [0.29, 0.717) is 5.02 Å². The molecule has 17 heavy (non-hydrogen) atoms. The van der Waals surface area contributed by atoms with Crippen molar-refractivity contribution in [3.05, 3.63) is 52.9 Å². The molecule has 90 valence electrons. The minimum atomic E-state index is -0.281. The van der Waals surface area contributed by atoms with E-state index in [1.165, 1.54) is 23.5 Å². The number of halogens is 4. The largest absolute Gasteiger partial charge is 0.320 e. The van der Waals surface area contributed by atoms with Crippen molar-refractivity contribution in [1.29, 1.82) is 0 Å². The van der Waals surface area contributed by atoms with E-state index in [1.807, 2.05) is 6.07 Å². The smallest absolute Gasteiger partial charge is 0.124 e. The Kier molecular flexibility index (Phi) is 4.46. The maximum Gasteiger partial charge on any atom is 0.124 e. The van der Waals surface area contributed by atoms with Gasteiger partial charge in [-0.25, -0.2) is 4.39 Å². The first-order valence-corrected chi connectivity index (χ1v) is 7.71. The van der Waals surface area contributed by atoms with Gasteiger partial charge in [0.1, 0.15) is 5.82 Å². The molecule has 1 atom stereocenters. The molecule has 0 spiro atoms. The van der Waals surface area contributed by atoms with E-state index in [9.17, 15) is 4.39 Å². The summed E-state index contributed by atoms with van der Waals surface area (Å²) in [5, 5.41) is 0.651. The zero-order valence-electron chi connectivity index (χ0n) is 8.38. The van der Waals surface area contributed by atoms with Crippen LogP contribution in [-0.4, -0.2) is 0 Å². The monoisotopic (exact) mass is 445 g/mol. The zero-order chi connectivity index (χ0) is 12.6. The fraction of sp³-hybridized carbons (Fsp3) is 0.0909. The summed E-state index contributed by atoms with van der Waals surface area (Å²) in [4.78, 5) is 0.950. The highest BCUT2D eigenvalue weighted by Crippen LogP contribution is 2.37. The van der Waals surface area contributed by atoms with Crippen molar-refractivity contribution in [2.24, 2.45) is 5.73 Å². The minimum absolute atomic E-state index is 0.254. The van der Waals surface area contributed by atoms with Gasteiger partial charge in [0.2, 0.25) is 0 Å². The lowest BCUT2D eigenvalue weighted by Gasteiger charge is -2.12. The summed E-state index contributed by atoms with van der Waals surface area (Å²) in [6.07, 6.45) is 0. The molecule has 0 saturated heterocycles. The zero-order valence-corrected chi connectivity index (χ0v) is 13.7. The summed E-state index contributed by atoms with van der Waals surface area (Å²) < 4.78 is 14.7. The molecule has 2 aromatic rings. The number of hydrogen-bond donors (Lipinski definition) is 1. The molecule has 0 radical (unpaired) electrons. The van der Waals surface area contributed by atoms with E-state index in [-0.39, 0.29) is 11.9 Å². The molecule has 0 fully saturated rings. The highest BCUT2D eigenvalue weighted by molar-refractivity contribution is 14.1. The summed E-state index contributed by atoms with van der Waals surface area (Å²) in [6, 6.07) is 6.15. The standard InChI is InChI=1S/C11H7BrClFINS/c12-11-7(13)4-9(17-11)10(16)6-2-1-5(14)3-8(6)15/h1-4,10H,16H2. The van der Waals surface area contributed by atoms with Gasteiger partial charge in [-0.15, -0.1) is 11.3 Å². The van der Waals surface area contributed by atoms with Crippen LogP contribution in [0.1, 0.15) is 16.5 Å². The van der Waals surface area contributed by atoms with Gasteiger partial charge < -0.3 is 5.73 Å². The highest BCUT2D eigenvalue weighted by atomic mass is 127. The van der Waals surface area contributed by atoms with Crippen molar-refractivity contribution in [3.8, 4) is 0 Å². The van der Waals surface area contributed by atoms with Crippen LogP contribution in [0.15, 0.2) is 28.1 Å². The number of rotatable bonds is 2. The SMILES string of the molecule is NC(c1cc(Cl)c(Br)s1)c1ccc(F)cc1I. The summed E-state index contributed by atoms with van der Waals surface area (Å²) in [7, 11) is 0. The molecule has 2 rings (SSSR count). The van der Waals surface area contributed by atoms with Crippen LogP contribution in [0.25, 0.3) is 0 Å². The van der Waals surface area contributed by atoms with E-state index in [1.54, 1.807) is 6.07 Å². The molecule has 0 aliphatic heterocycles. The van der Waals surface area contributed by atoms with Crippen LogP contribution in [0.2, 0.25) is 5.02 Å². The molecule has 2 N–H and O–H groups in total. The summed E-state index contributed by atoms with van der Waals surface area (Å²) >= 11 is 12.9. The van der Waals surface area contributed by atoms with Crippen molar-refractivity contribution in [2.75, 3.05) is 0 Å². The Bertz CT molecular complexity index is 541.